The Morgan fingerprint density at radius 3 is 2.73 bits per heavy atom. The lowest BCUT2D eigenvalue weighted by atomic mass is 10.0. The highest BCUT2D eigenvalue weighted by atomic mass is 16.5. The number of amides is 1. The van der Waals surface area contributed by atoms with Crippen LogP contribution in [0.4, 0.5) is 5.69 Å². The predicted octanol–water partition coefficient (Wildman–Crippen LogP) is 4.20. The molecule has 5 heteroatoms. The molecule has 136 valence electrons. The van der Waals surface area contributed by atoms with Crippen LogP contribution in [-0.2, 0) is 0 Å². The molecule has 2 aliphatic heterocycles. The van der Waals surface area contributed by atoms with Crippen LogP contribution in [0.1, 0.15) is 37.0 Å². The molecule has 0 bridgehead atoms. The Hall–Kier alpha value is -2.56. The summed E-state index contributed by atoms with van der Waals surface area (Å²) in [5, 5.41) is 1.95. The van der Waals surface area contributed by atoms with E-state index in [4.69, 9.17) is 9.47 Å². The van der Waals surface area contributed by atoms with Crippen LogP contribution in [-0.4, -0.2) is 43.3 Å². The van der Waals surface area contributed by atoms with E-state index in [1.54, 1.807) is 7.11 Å². The zero-order valence-electron chi connectivity index (χ0n) is 15.5. The average molecular weight is 352 g/mol. The van der Waals surface area contributed by atoms with E-state index in [9.17, 15) is 4.79 Å². The topological polar surface area (TPSA) is 51.1 Å². The highest BCUT2D eigenvalue weighted by Gasteiger charge is 2.31. The average Bonchev–Trinajstić information content (AvgIpc) is 3.06. The van der Waals surface area contributed by atoms with Gasteiger partial charge in [0.1, 0.15) is 0 Å². The fraction of sp³-hybridized carbons (Fsp3) is 0.429. The van der Waals surface area contributed by atoms with Gasteiger partial charge in [0.15, 0.2) is 11.5 Å². The molecule has 5 nitrogen and oxygen atoms in total. The van der Waals surface area contributed by atoms with E-state index in [-0.39, 0.29) is 11.9 Å². The van der Waals surface area contributed by atoms with Crippen LogP contribution in [0, 0.1) is 5.92 Å². The summed E-state index contributed by atoms with van der Waals surface area (Å²) in [7, 11) is 1.64. The van der Waals surface area contributed by atoms with Crippen molar-refractivity contribution in [2.24, 2.45) is 10.9 Å². The number of fused-ring (bicyclic) bond motifs is 3. The minimum absolute atomic E-state index is 0.0716. The molecule has 1 unspecified atom stereocenters. The van der Waals surface area contributed by atoms with E-state index in [1.807, 2.05) is 35.4 Å². The minimum Gasteiger partial charge on any atom is -0.493 e. The van der Waals surface area contributed by atoms with Gasteiger partial charge >= 0.3 is 0 Å². The maximum Gasteiger partial charge on any atom is 0.256 e. The number of nitrogens with zero attached hydrogens (tertiary/aromatic N) is 2. The highest BCUT2D eigenvalue weighted by Crippen LogP contribution is 2.37. The van der Waals surface area contributed by atoms with Crippen LogP contribution in [0.25, 0.3) is 10.8 Å². The molecule has 2 heterocycles. The highest BCUT2D eigenvalue weighted by molar-refractivity contribution is 6.07. The summed E-state index contributed by atoms with van der Waals surface area (Å²) in [6.45, 7) is 5.64. The number of benzene rings is 2. The largest absolute Gasteiger partial charge is 0.493 e. The third kappa shape index (κ3) is 2.91. The summed E-state index contributed by atoms with van der Waals surface area (Å²) in [6.07, 6.45) is 3.94. The zero-order valence-corrected chi connectivity index (χ0v) is 15.5. The van der Waals surface area contributed by atoms with E-state index in [0.717, 1.165) is 35.8 Å². The number of methoxy groups -OCH3 is 1. The van der Waals surface area contributed by atoms with Crippen molar-refractivity contribution in [1.29, 1.82) is 0 Å². The first kappa shape index (κ1) is 16.9. The molecule has 2 aliphatic rings. The van der Waals surface area contributed by atoms with Crippen molar-refractivity contribution in [2.45, 2.75) is 32.7 Å². The molecule has 2 aromatic rings. The van der Waals surface area contributed by atoms with Gasteiger partial charge in [-0.3, -0.25) is 9.79 Å². The second-order valence-electron chi connectivity index (χ2n) is 7.41. The molecule has 26 heavy (non-hydrogen) atoms. The lowest BCUT2D eigenvalue weighted by molar-refractivity contribution is 0.0775. The van der Waals surface area contributed by atoms with Gasteiger partial charge in [0, 0.05) is 12.8 Å². The molecule has 0 aromatic heterocycles. The lowest BCUT2D eigenvalue weighted by Crippen LogP contribution is -2.35. The van der Waals surface area contributed by atoms with Gasteiger partial charge in [-0.1, -0.05) is 13.8 Å². The molecule has 0 aliphatic carbocycles. The summed E-state index contributed by atoms with van der Waals surface area (Å²) < 4.78 is 11.4. The molecule has 0 saturated carbocycles. The van der Waals surface area contributed by atoms with E-state index in [0.29, 0.717) is 29.6 Å². The second-order valence-corrected chi connectivity index (χ2v) is 7.41. The Balaban J connectivity index is 1.80. The van der Waals surface area contributed by atoms with Gasteiger partial charge in [-0.15, -0.1) is 0 Å². The Morgan fingerprint density at radius 2 is 1.96 bits per heavy atom. The first-order valence-electron chi connectivity index (χ1n) is 9.20. The molecule has 0 N–H and O–H groups in total. The third-order valence-electron chi connectivity index (χ3n) is 4.99. The molecule has 4 rings (SSSR count). The number of rotatable bonds is 4. The molecule has 0 radical (unpaired) electrons. The Bertz CT molecular complexity index is 888. The molecule has 1 amide bonds. The van der Waals surface area contributed by atoms with Crippen LogP contribution in [0.5, 0.6) is 11.5 Å². The fourth-order valence-corrected chi connectivity index (χ4v) is 3.62. The van der Waals surface area contributed by atoms with Crippen molar-refractivity contribution in [3.05, 3.63) is 29.8 Å². The van der Waals surface area contributed by atoms with Gasteiger partial charge in [-0.2, -0.15) is 0 Å². The van der Waals surface area contributed by atoms with Gasteiger partial charge in [-0.05, 0) is 53.8 Å². The number of carbonyl (C=O) groups is 1. The van der Waals surface area contributed by atoms with E-state index in [2.05, 4.69) is 18.8 Å². The minimum atomic E-state index is 0.0716. The van der Waals surface area contributed by atoms with Crippen LogP contribution >= 0.6 is 0 Å². The van der Waals surface area contributed by atoms with Crippen LogP contribution < -0.4 is 9.47 Å². The fourth-order valence-electron chi connectivity index (χ4n) is 3.62. The number of hydrogen-bond donors (Lipinski definition) is 0. The van der Waals surface area contributed by atoms with E-state index in [1.165, 1.54) is 0 Å². The van der Waals surface area contributed by atoms with Gasteiger partial charge in [0.05, 0.1) is 31.0 Å². The lowest BCUT2D eigenvalue weighted by Gasteiger charge is -2.20. The van der Waals surface area contributed by atoms with Crippen LogP contribution in [0.3, 0.4) is 0 Å². The molecule has 1 fully saturated rings. The van der Waals surface area contributed by atoms with E-state index >= 15 is 0 Å². The Kier molecular flexibility index (Phi) is 4.31. The van der Waals surface area contributed by atoms with Crippen molar-refractivity contribution in [3.8, 4) is 11.5 Å². The molecular weight excluding hydrogens is 328 g/mol. The first-order chi connectivity index (χ1) is 12.6. The Morgan fingerprint density at radius 1 is 1.19 bits per heavy atom. The maximum absolute atomic E-state index is 13.0. The summed E-state index contributed by atoms with van der Waals surface area (Å²) in [6, 6.07) is 7.94. The zero-order chi connectivity index (χ0) is 18.3. The monoisotopic (exact) mass is 352 g/mol. The molecule has 1 atom stereocenters. The van der Waals surface area contributed by atoms with Crippen LogP contribution in [0.2, 0.25) is 0 Å². The molecule has 2 aromatic carbocycles. The van der Waals surface area contributed by atoms with E-state index < -0.39 is 0 Å². The van der Waals surface area contributed by atoms with Crippen LogP contribution in [0.15, 0.2) is 29.3 Å². The maximum atomic E-state index is 13.0. The molecular formula is C21H24N2O3. The molecule has 1 saturated heterocycles. The van der Waals surface area contributed by atoms with Crippen molar-refractivity contribution in [1.82, 2.24) is 4.90 Å². The summed E-state index contributed by atoms with van der Waals surface area (Å²) in [4.78, 5) is 19.5. The van der Waals surface area contributed by atoms with Crippen molar-refractivity contribution < 1.29 is 14.3 Å². The quantitative estimate of drug-likeness (QED) is 0.828. The predicted molar refractivity (Wildman–Crippen MR) is 103 cm³/mol. The van der Waals surface area contributed by atoms with Gasteiger partial charge in [-0.25, -0.2) is 0 Å². The normalized spacial score (nSPS) is 18.8. The third-order valence-corrected chi connectivity index (χ3v) is 4.99. The standard InChI is InChI=1S/C21H24N2O3/c1-13(2)12-26-20-10-14-7-17-18(8-15(14)9-19(20)25-3)22-11-16-5-4-6-23(16)21(17)24/h7-11,13,16H,4-6,12H2,1-3H3. The number of aliphatic imine (C=N–C) groups is 1. The summed E-state index contributed by atoms with van der Waals surface area (Å²) in [5.41, 5.74) is 1.40. The number of hydrogen-bond acceptors (Lipinski definition) is 4. The number of carbonyl (C=O) groups excluding carboxylic acids is 1. The summed E-state index contributed by atoms with van der Waals surface area (Å²) >= 11 is 0. The van der Waals surface area contributed by atoms with Crippen molar-refractivity contribution in [3.63, 3.8) is 0 Å². The smallest absolute Gasteiger partial charge is 0.256 e. The van der Waals surface area contributed by atoms with Gasteiger partial charge in [0.2, 0.25) is 0 Å². The van der Waals surface area contributed by atoms with Crippen molar-refractivity contribution >= 4 is 28.6 Å². The first-order valence-corrected chi connectivity index (χ1v) is 9.20. The van der Waals surface area contributed by atoms with Gasteiger partial charge in [0.25, 0.3) is 5.91 Å². The SMILES string of the molecule is COc1cc2cc3c(cc2cc1OCC(C)C)C(=O)N1CCCC1C=N3. The molecule has 0 spiro atoms. The second kappa shape index (κ2) is 6.63. The van der Waals surface area contributed by atoms with Gasteiger partial charge < -0.3 is 14.4 Å². The van der Waals surface area contributed by atoms with Crippen molar-refractivity contribution in [2.75, 3.05) is 20.3 Å². The summed E-state index contributed by atoms with van der Waals surface area (Å²) in [5.74, 6) is 1.90. The Labute approximate surface area is 153 Å². The number of ether oxygens (including phenoxy) is 2.